The average molecular weight is 427 g/mol. The molecule has 0 radical (unpaired) electrons. The first-order chi connectivity index (χ1) is 14.4. The van der Waals surface area contributed by atoms with E-state index in [1.54, 1.807) is 16.4 Å². The van der Waals surface area contributed by atoms with E-state index >= 15 is 0 Å². The number of aryl methyl sites for hydroxylation is 2. The zero-order valence-corrected chi connectivity index (χ0v) is 18.5. The maximum Gasteiger partial charge on any atom is 0.243 e. The highest BCUT2D eigenvalue weighted by molar-refractivity contribution is 7.89. The Morgan fingerprint density at radius 2 is 1.77 bits per heavy atom. The van der Waals surface area contributed by atoms with Gasteiger partial charge in [0, 0.05) is 26.2 Å². The first-order valence-electron chi connectivity index (χ1n) is 10.6. The molecule has 1 saturated heterocycles. The molecular weight excluding hydrogens is 396 g/mol. The van der Waals surface area contributed by atoms with Gasteiger partial charge in [-0.1, -0.05) is 42.0 Å². The van der Waals surface area contributed by atoms with Gasteiger partial charge in [0.2, 0.25) is 10.0 Å². The summed E-state index contributed by atoms with van der Waals surface area (Å²) in [5.41, 5.74) is 3.28. The van der Waals surface area contributed by atoms with Gasteiger partial charge in [-0.2, -0.15) is 4.31 Å². The van der Waals surface area contributed by atoms with Crippen molar-refractivity contribution >= 4 is 15.9 Å². The van der Waals surface area contributed by atoms with E-state index in [1.165, 1.54) is 11.1 Å². The van der Waals surface area contributed by atoms with Crippen LogP contribution in [-0.2, 0) is 16.6 Å². The SMILES string of the molecule is Cc1ccc(S(=O)(=O)N2CCC3(CC2)NCCN=C3NCc2ccccc2C)cc1. The maximum absolute atomic E-state index is 13.1. The summed E-state index contributed by atoms with van der Waals surface area (Å²) >= 11 is 0. The van der Waals surface area contributed by atoms with Crippen LogP contribution in [0.1, 0.15) is 29.5 Å². The Bertz CT molecular complexity index is 1020. The molecule has 4 rings (SSSR count). The van der Waals surface area contributed by atoms with Crippen molar-refractivity contribution in [3.8, 4) is 0 Å². The van der Waals surface area contributed by atoms with Gasteiger partial charge < -0.3 is 10.6 Å². The standard InChI is InChI=1S/C23H30N4O2S/c1-18-7-9-21(10-8-18)30(28,29)27-15-11-23(12-16-27)22(24-13-14-26-23)25-17-20-6-4-3-5-19(20)2/h3-10,26H,11-17H2,1-2H3,(H,24,25). The Labute approximate surface area is 179 Å². The number of amidine groups is 1. The molecule has 6 nitrogen and oxygen atoms in total. The van der Waals surface area contributed by atoms with E-state index in [-0.39, 0.29) is 5.54 Å². The number of hydrogen-bond donors (Lipinski definition) is 2. The lowest BCUT2D eigenvalue weighted by atomic mass is 9.85. The summed E-state index contributed by atoms with van der Waals surface area (Å²) < 4.78 is 27.7. The number of hydrogen-bond acceptors (Lipinski definition) is 5. The minimum absolute atomic E-state index is 0.278. The van der Waals surface area contributed by atoms with E-state index in [0.717, 1.165) is 31.0 Å². The highest BCUT2D eigenvalue weighted by atomic mass is 32.2. The fourth-order valence-corrected chi connectivity index (χ4v) is 5.73. The first kappa shape index (κ1) is 21.0. The number of nitrogens with zero attached hydrogens (tertiary/aromatic N) is 2. The molecule has 1 fully saturated rings. The Morgan fingerprint density at radius 3 is 2.47 bits per heavy atom. The number of rotatable bonds is 4. The summed E-state index contributed by atoms with van der Waals surface area (Å²) in [6.45, 7) is 7.31. The van der Waals surface area contributed by atoms with Gasteiger partial charge in [0.25, 0.3) is 0 Å². The van der Waals surface area contributed by atoms with Crippen LogP contribution in [0.15, 0.2) is 58.4 Å². The van der Waals surface area contributed by atoms with Crippen LogP contribution in [0.3, 0.4) is 0 Å². The molecule has 160 valence electrons. The van der Waals surface area contributed by atoms with Crippen molar-refractivity contribution in [3.63, 3.8) is 0 Å². The van der Waals surface area contributed by atoms with Gasteiger partial charge in [-0.3, -0.25) is 4.99 Å². The van der Waals surface area contributed by atoms with Crippen molar-refractivity contribution < 1.29 is 8.42 Å². The maximum atomic E-state index is 13.1. The van der Waals surface area contributed by atoms with Crippen LogP contribution in [0.2, 0.25) is 0 Å². The molecule has 2 aromatic rings. The molecule has 2 aromatic carbocycles. The Kier molecular flexibility index (Phi) is 5.95. The normalized spacial score (nSPS) is 19.5. The molecule has 0 bridgehead atoms. The summed E-state index contributed by atoms with van der Waals surface area (Å²) in [7, 11) is -3.47. The predicted molar refractivity (Wildman–Crippen MR) is 120 cm³/mol. The van der Waals surface area contributed by atoms with E-state index in [0.29, 0.717) is 30.8 Å². The van der Waals surface area contributed by atoms with Crippen LogP contribution in [0.25, 0.3) is 0 Å². The van der Waals surface area contributed by atoms with Gasteiger partial charge in [0.1, 0.15) is 5.84 Å². The highest BCUT2D eigenvalue weighted by Crippen LogP contribution is 2.29. The molecule has 2 aliphatic rings. The Balaban J connectivity index is 1.46. The second kappa shape index (κ2) is 8.49. The summed E-state index contributed by atoms with van der Waals surface area (Å²) in [5.74, 6) is 0.962. The Morgan fingerprint density at radius 1 is 1.07 bits per heavy atom. The molecular formula is C23H30N4O2S. The van der Waals surface area contributed by atoms with E-state index in [1.807, 2.05) is 25.1 Å². The number of benzene rings is 2. The summed E-state index contributed by atoms with van der Waals surface area (Å²) in [6, 6.07) is 15.4. The van der Waals surface area contributed by atoms with E-state index in [9.17, 15) is 8.42 Å². The molecule has 1 spiro atoms. The molecule has 0 aliphatic carbocycles. The third kappa shape index (κ3) is 4.15. The van der Waals surface area contributed by atoms with Gasteiger partial charge in [0.05, 0.1) is 17.0 Å². The summed E-state index contributed by atoms with van der Waals surface area (Å²) in [4.78, 5) is 5.15. The van der Waals surface area contributed by atoms with Gasteiger partial charge in [0.15, 0.2) is 0 Å². The van der Waals surface area contributed by atoms with Crippen LogP contribution in [0.4, 0.5) is 0 Å². The quantitative estimate of drug-likeness (QED) is 0.788. The lowest BCUT2D eigenvalue weighted by Gasteiger charge is -2.44. The Hall–Kier alpha value is -2.22. The second-order valence-corrected chi connectivity index (χ2v) is 10.2. The molecule has 30 heavy (non-hydrogen) atoms. The molecule has 0 amide bonds. The van der Waals surface area contributed by atoms with Crippen molar-refractivity contribution in [1.29, 1.82) is 0 Å². The zero-order chi connectivity index (χ0) is 21.2. The molecule has 2 heterocycles. The average Bonchev–Trinajstić information content (AvgIpc) is 2.75. The molecule has 2 N–H and O–H groups in total. The molecule has 0 saturated carbocycles. The smallest absolute Gasteiger partial charge is 0.243 e. The number of nitrogens with one attached hydrogen (secondary N) is 2. The van der Waals surface area contributed by atoms with E-state index in [2.05, 4.69) is 35.8 Å². The van der Waals surface area contributed by atoms with Crippen LogP contribution >= 0.6 is 0 Å². The third-order valence-corrected chi connectivity index (χ3v) is 8.15. The molecule has 0 unspecified atom stereocenters. The second-order valence-electron chi connectivity index (χ2n) is 8.24. The lowest BCUT2D eigenvalue weighted by molar-refractivity contribution is 0.241. The largest absolute Gasteiger partial charge is 0.368 e. The van der Waals surface area contributed by atoms with Crippen molar-refractivity contribution in [2.75, 3.05) is 26.2 Å². The van der Waals surface area contributed by atoms with Crippen LogP contribution in [-0.4, -0.2) is 50.3 Å². The van der Waals surface area contributed by atoms with Crippen molar-refractivity contribution in [3.05, 3.63) is 65.2 Å². The highest BCUT2D eigenvalue weighted by Gasteiger charge is 2.43. The number of aliphatic imine (C=N–C) groups is 1. The number of piperidine rings is 1. The van der Waals surface area contributed by atoms with Crippen molar-refractivity contribution in [2.24, 2.45) is 4.99 Å². The van der Waals surface area contributed by atoms with Gasteiger partial charge >= 0.3 is 0 Å². The van der Waals surface area contributed by atoms with E-state index < -0.39 is 10.0 Å². The fourth-order valence-electron chi connectivity index (χ4n) is 4.29. The molecule has 2 aliphatic heterocycles. The molecule has 0 atom stereocenters. The van der Waals surface area contributed by atoms with Crippen LogP contribution in [0, 0.1) is 13.8 Å². The minimum atomic E-state index is -3.47. The summed E-state index contributed by atoms with van der Waals surface area (Å²) in [6.07, 6.45) is 1.41. The molecule has 0 aromatic heterocycles. The van der Waals surface area contributed by atoms with Crippen molar-refractivity contribution in [1.82, 2.24) is 14.9 Å². The van der Waals surface area contributed by atoms with Gasteiger partial charge in [-0.15, -0.1) is 0 Å². The fraction of sp³-hybridized carbons (Fsp3) is 0.435. The predicted octanol–water partition coefficient (Wildman–Crippen LogP) is 2.62. The van der Waals surface area contributed by atoms with Gasteiger partial charge in [-0.25, -0.2) is 8.42 Å². The monoisotopic (exact) mass is 426 g/mol. The zero-order valence-electron chi connectivity index (χ0n) is 17.7. The third-order valence-electron chi connectivity index (χ3n) is 6.24. The first-order valence-corrected chi connectivity index (χ1v) is 12.0. The van der Waals surface area contributed by atoms with Crippen molar-refractivity contribution in [2.45, 2.75) is 43.7 Å². The number of sulfonamides is 1. The van der Waals surface area contributed by atoms with E-state index in [4.69, 9.17) is 4.99 Å². The lowest BCUT2D eigenvalue weighted by Crippen LogP contribution is -2.64. The molecule has 7 heteroatoms. The van der Waals surface area contributed by atoms with Crippen LogP contribution in [0.5, 0.6) is 0 Å². The van der Waals surface area contributed by atoms with Gasteiger partial charge in [-0.05, 0) is 49.9 Å². The minimum Gasteiger partial charge on any atom is -0.368 e. The summed E-state index contributed by atoms with van der Waals surface area (Å²) in [5, 5.41) is 7.19. The van der Waals surface area contributed by atoms with Crippen LogP contribution < -0.4 is 10.6 Å². The topological polar surface area (TPSA) is 73.8 Å².